The summed E-state index contributed by atoms with van der Waals surface area (Å²) in [4.78, 5) is 23.0. The molecule has 2 aromatic rings. The van der Waals surface area contributed by atoms with Gasteiger partial charge in [-0.15, -0.1) is 0 Å². The van der Waals surface area contributed by atoms with Crippen LogP contribution in [0, 0.1) is 0 Å². The Morgan fingerprint density at radius 2 is 2.16 bits per heavy atom. The van der Waals surface area contributed by atoms with Crippen molar-refractivity contribution in [3.63, 3.8) is 0 Å². The lowest BCUT2D eigenvalue weighted by Crippen LogP contribution is -2.25. The van der Waals surface area contributed by atoms with Crippen LogP contribution in [0.3, 0.4) is 0 Å². The third-order valence-electron chi connectivity index (χ3n) is 2.57. The molecule has 1 aromatic carbocycles. The van der Waals surface area contributed by atoms with Crippen LogP contribution < -0.4 is 21.0 Å². The molecule has 2 N–H and O–H groups in total. The van der Waals surface area contributed by atoms with Gasteiger partial charge in [-0.05, 0) is 25.1 Å². The molecule has 0 saturated carbocycles. The molecule has 0 aliphatic carbocycles. The van der Waals surface area contributed by atoms with Crippen molar-refractivity contribution in [2.75, 3.05) is 13.2 Å². The SMILES string of the molecule is Cn1c(=O)sn(-c2cccc(OCCCN)c2)c1=O. The maximum atomic E-state index is 11.8. The maximum Gasteiger partial charge on any atom is 0.345 e. The second-order valence-corrected chi connectivity index (χ2v) is 4.88. The quantitative estimate of drug-likeness (QED) is 0.801. The van der Waals surface area contributed by atoms with Crippen LogP contribution >= 0.6 is 11.5 Å². The van der Waals surface area contributed by atoms with E-state index in [1.807, 2.05) is 0 Å². The van der Waals surface area contributed by atoms with Gasteiger partial charge in [0.15, 0.2) is 0 Å². The molecule has 0 radical (unpaired) electrons. The van der Waals surface area contributed by atoms with Gasteiger partial charge in [0.1, 0.15) is 5.75 Å². The van der Waals surface area contributed by atoms with E-state index in [1.54, 1.807) is 24.3 Å². The summed E-state index contributed by atoms with van der Waals surface area (Å²) in [6.45, 7) is 1.10. The summed E-state index contributed by atoms with van der Waals surface area (Å²) in [6, 6.07) is 7.07. The standard InChI is InChI=1S/C12H15N3O3S/c1-14-11(16)15(19-12(14)17)9-4-2-5-10(8-9)18-7-3-6-13/h2,4-5,8H,3,6-7,13H2,1H3. The van der Waals surface area contributed by atoms with Gasteiger partial charge in [0.25, 0.3) is 0 Å². The van der Waals surface area contributed by atoms with Crippen LogP contribution in [0.2, 0.25) is 0 Å². The minimum Gasteiger partial charge on any atom is -0.493 e. The molecule has 0 fully saturated rings. The van der Waals surface area contributed by atoms with Gasteiger partial charge in [-0.25, -0.2) is 8.75 Å². The van der Waals surface area contributed by atoms with Crippen LogP contribution in [-0.4, -0.2) is 21.7 Å². The fourth-order valence-electron chi connectivity index (χ4n) is 1.53. The smallest absolute Gasteiger partial charge is 0.345 e. The molecule has 0 aliphatic heterocycles. The molecule has 1 heterocycles. The molecule has 0 bridgehead atoms. The number of benzene rings is 1. The Bertz CT molecular complexity index is 671. The summed E-state index contributed by atoms with van der Waals surface area (Å²) in [5.74, 6) is 0.654. The van der Waals surface area contributed by atoms with Crippen LogP contribution in [0.15, 0.2) is 33.9 Å². The number of nitrogens with two attached hydrogens (primary N) is 1. The lowest BCUT2D eigenvalue weighted by Gasteiger charge is -2.06. The lowest BCUT2D eigenvalue weighted by molar-refractivity contribution is 0.313. The van der Waals surface area contributed by atoms with Gasteiger partial charge >= 0.3 is 10.6 Å². The highest BCUT2D eigenvalue weighted by molar-refractivity contribution is 7.03. The second kappa shape index (κ2) is 5.85. The highest BCUT2D eigenvalue weighted by atomic mass is 32.1. The number of ether oxygens (including phenoxy) is 1. The molecular weight excluding hydrogens is 266 g/mol. The predicted octanol–water partition coefficient (Wildman–Crippen LogP) is 0.325. The number of rotatable bonds is 5. The molecule has 2 rings (SSSR count). The largest absolute Gasteiger partial charge is 0.493 e. The number of nitrogens with zero attached hydrogens (tertiary/aromatic N) is 2. The summed E-state index contributed by atoms with van der Waals surface area (Å²) >= 11 is 0.867. The van der Waals surface area contributed by atoms with Crippen molar-refractivity contribution in [1.29, 1.82) is 0 Å². The Balaban J connectivity index is 2.30. The first-order valence-corrected chi connectivity index (χ1v) is 6.63. The zero-order chi connectivity index (χ0) is 13.8. The van der Waals surface area contributed by atoms with Crippen LogP contribution in [-0.2, 0) is 7.05 Å². The molecule has 1 aromatic heterocycles. The van der Waals surface area contributed by atoms with Gasteiger partial charge in [-0.2, -0.15) is 0 Å². The van der Waals surface area contributed by atoms with E-state index >= 15 is 0 Å². The van der Waals surface area contributed by atoms with Crippen LogP contribution in [0.5, 0.6) is 5.75 Å². The van der Waals surface area contributed by atoms with Crippen molar-refractivity contribution < 1.29 is 4.74 Å². The lowest BCUT2D eigenvalue weighted by atomic mass is 10.3. The van der Waals surface area contributed by atoms with Crippen molar-refractivity contribution in [2.24, 2.45) is 12.8 Å². The fourth-order valence-corrected chi connectivity index (χ4v) is 2.31. The minimum atomic E-state index is -0.353. The van der Waals surface area contributed by atoms with Crippen molar-refractivity contribution in [2.45, 2.75) is 6.42 Å². The van der Waals surface area contributed by atoms with Crippen molar-refractivity contribution in [3.8, 4) is 11.4 Å². The molecule has 6 nitrogen and oxygen atoms in total. The van der Waals surface area contributed by atoms with Crippen molar-refractivity contribution in [3.05, 3.63) is 44.4 Å². The first kappa shape index (κ1) is 13.6. The van der Waals surface area contributed by atoms with E-state index in [0.29, 0.717) is 24.6 Å². The van der Waals surface area contributed by atoms with Crippen LogP contribution in [0.4, 0.5) is 0 Å². The van der Waals surface area contributed by atoms with Crippen molar-refractivity contribution >= 4 is 11.5 Å². The van der Waals surface area contributed by atoms with E-state index in [-0.39, 0.29) is 10.6 Å². The zero-order valence-corrected chi connectivity index (χ0v) is 11.4. The molecule has 0 unspecified atom stereocenters. The molecule has 7 heteroatoms. The van der Waals surface area contributed by atoms with Crippen molar-refractivity contribution in [1.82, 2.24) is 8.52 Å². The summed E-state index contributed by atoms with van der Waals surface area (Å²) in [5.41, 5.74) is 5.66. The molecule has 0 saturated heterocycles. The number of aromatic nitrogens is 2. The average Bonchev–Trinajstić information content (AvgIpc) is 2.67. The highest BCUT2D eigenvalue weighted by Gasteiger charge is 2.08. The van der Waals surface area contributed by atoms with E-state index in [4.69, 9.17) is 10.5 Å². The fraction of sp³-hybridized carbons (Fsp3) is 0.333. The van der Waals surface area contributed by atoms with Gasteiger partial charge in [-0.1, -0.05) is 6.07 Å². The van der Waals surface area contributed by atoms with Crippen LogP contribution in [0.25, 0.3) is 5.69 Å². The van der Waals surface area contributed by atoms with E-state index in [9.17, 15) is 9.59 Å². The Hall–Kier alpha value is -1.86. The first-order chi connectivity index (χ1) is 9.13. The van der Waals surface area contributed by atoms with Gasteiger partial charge in [-0.3, -0.25) is 9.36 Å². The van der Waals surface area contributed by atoms with Crippen LogP contribution in [0.1, 0.15) is 6.42 Å². The summed E-state index contributed by atoms with van der Waals surface area (Å²) in [5, 5.41) is 0. The Morgan fingerprint density at radius 1 is 1.37 bits per heavy atom. The normalized spacial score (nSPS) is 10.6. The zero-order valence-electron chi connectivity index (χ0n) is 10.5. The average molecular weight is 281 g/mol. The van der Waals surface area contributed by atoms with Gasteiger partial charge in [0.2, 0.25) is 0 Å². The van der Waals surface area contributed by atoms with Gasteiger partial charge in [0, 0.05) is 24.6 Å². The summed E-state index contributed by atoms with van der Waals surface area (Å²) < 4.78 is 7.93. The molecular formula is C12H15N3O3S. The summed E-state index contributed by atoms with van der Waals surface area (Å²) in [7, 11) is 1.46. The molecule has 19 heavy (non-hydrogen) atoms. The maximum absolute atomic E-state index is 11.8. The van der Waals surface area contributed by atoms with E-state index in [0.717, 1.165) is 22.5 Å². The second-order valence-electron chi connectivity index (χ2n) is 3.98. The third kappa shape index (κ3) is 2.94. The number of hydrogen-bond donors (Lipinski definition) is 1. The highest BCUT2D eigenvalue weighted by Crippen LogP contribution is 2.16. The predicted molar refractivity (Wildman–Crippen MR) is 74.3 cm³/mol. The van der Waals surface area contributed by atoms with E-state index < -0.39 is 0 Å². The minimum absolute atomic E-state index is 0.292. The Morgan fingerprint density at radius 3 is 2.79 bits per heavy atom. The monoisotopic (exact) mass is 281 g/mol. The molecule has 0 aliphatic rings. The van der Waals surface area contributed by atoms with Gasteiger partial charge < -0.3 is 10.5 Å². The molecule has 0 amide bonds. The number of hydrogen-bond acceptors (Lipinski definition) is 5. The molecule has 102 valence electrons. The summed E-state index contributed by atoms with van der Waals surface area (Å²) in [6.07, 6.45) is 0.767. The Kier molecular flexibility index (Phi) is 4.18. The first-order valence-electron chi connectivity index (χ1n) is 5.86. The molecule has 0 spiro atoms. The van der Waals surface area contributed by atoms with E-state index in [2.05, 4.69) is 0 Å². The van der Waals surface area contributed by atoms with Gasteiger partial charge in [0.05, 0.1) is 12.3 Å². The third-order valence-corrected chi connectivity index (χ3v) is 3.55. The van der Waals surface area contributed by atoms with E-state index in [1.165, 1.54) is 11.0 Å². The molecule has 0 atom stereocenters. The Labute approximate surface area is 113 Å². The topological polar surface area (TPSA) is 79.2 Å².